The Labute approximate surface area is 157 Å². The topological polar surface area (TPSA) is 47.4 Å². The van der Waals surface area contributed by atoms with E-state index in [9.17, 15) is 9.18 Å². The normalized spacial score (nSPS) is 15.2. The number of nitrogens with zero attached hydrogens (tertiary/aromatic N) is 3. The van der Waals surface area contributed by atoms with Crippen molar-refractivity contribution in [1.82, 2.24) is 14.5 Å². The standard InChI is InChI=1S/C21H22FN3O2/c22-17-5-7-18(8-6-17)27-14-21(26)24-11-9-16(10-12-24)13-25-15-23-19-3-1-2-4-20(19)25/h1-8,15-16H,9-14H2. The Bertz CT molecular complexity index is 915. The maximum Gasteiger partial charge on any atom is 0.260 e. The van der Waals surface area contributed by atoms with Crippen molar-refractivity contribution in [2.45, 2.75) is 19.4 Å². The number of benzene rings is 2. The third-order valence-corrected chi connectivity index (χ3v) is 5.13. The van der Waals surface area contributed by atoms with Gasteiger partial charge in [-0.25, -0.2) is 9.37 Å². The number of imidazole rings is 1. The van der Waals surface area contributed by atoms with E-state index in [0.717, 1.165) is 43.5 Å². The fourth-order valence-corrected chi connectivity index (χ4v) is 3.57. The zero-order valence-corrected chi connectivity index (χ0v) is 15.1. The van der Waals surface area contributed by atoms with Gasteiger partial charge in [0.25, 0.3) is 5.91 Å². The van der Waals surface area contributed by atoms with Gasteiger partial charge in [-0.05, 0) is 55.2 Å². The van der Waals surface area contributed by atoms with Crippen LogP contribution in [0.15, 0.2) is 54.9 Å². The molecule has 0 unspecified atom stereocenters. The van der Waals surface area contributed by atoms with E-state index in [1.807, 2.05) is 29.4 Å². The number of carbonyl (C=O) groups excluding carboxylic acids is 1. The van der Waals surface area contributed by atoms with Crippen LogP contribution in [0, 0.1) is 11.7 Å². The van der Waals surface area contributed by atoms with Gasteiger partial charge in [-0.2, -0.15) is 0 Å². The SMILES string of the molecule is O=C(COc1ccc(F)cc1)N1CCC(Cn2cnc3ccccc32)CC1. The van der Waals surface area contributed by atoms with E-state index < -0.39 is 0 Å². The number of carbonyl (C=O) groups is 1. The number of likely N-dealkylation sites (tertiary alicyclic amines) is 1. The smallest absolute Gasteiger partial charge is 0.260 e. The maximum atomic E-state index is 12.9. The van der Waals surface area contributed by atoms with Crippen LogP contribution in [-0.4, -0.2) is 40.1 Å². The second kappa shape index (κ2) is 7.78. The predicted molar refractivity (Wildman–Crippen MR) is 101 cm³/mol. The molecule has 5 nitrogen and oxygen atoms in total. The fraction of sp³-hybridized carbons (Fsp3) is 0.333. The Kier molecular flexibility index (Phi) is 5.05. The van der Waals surface area contributed by atoms with Crippen molar-refractivity contribution in [1.29, 1.82) is 0 Å². The van der Waals surface area contributed by atoms with Crippen molar-refractivity contribution >= 4 is 16.9 Å². The molecule has 0 bridgehead atoms. The van der Waals surface area contributed by atoms with Gasteiger partial charge in [0.05, 0.1) is 17.4 Å². The molecule has 2 heterocycles. The van der Waals surface area contributed by atoms with Crippen molar-refractivity contribution in [3.8, 4) is 5.75 Å². The molecule has 0 spiro atoms. The van der Waals surface area contributed by atoms with Gasteiger partial charge in [0.15, 0.2) is 6.61 Å². The van der Waals surface area contributed by atoms with E-state index in [1.165, 1.54) is 24.3 Å². The highest BCUT2D eigenvalue weighted by Gasteiger charge is 2.23. The second-order valence-corrected chi connectivity index (χ2v) is 6.95. The lowest BCUT2D eigenvalue weighted by Gasteiger charge is -2.32. The number of halogens is 1. The van der Waals surface area contributed by atoms with Crippen molar-refractivity contribution in [2.24, 2.45) is 5.92 Å². The summed E-state index contributed by atoms with van der Waals surface area (Å²) >= 11 is 0. The number of aromatic nitrogens is 2. The van der Waals surface area contributed by atoms with E-state index in [0.29, 0.717) is 11.7 Å². The Balaban J connectivity index is 1.27. The summed E-state index contributed by atoms with van der Waals surface area (Å²) in [7, 11) is 0. The molecule has 0 N–H and O–H groups in total. The third kappa shape index (κ3) is 4.10. The highest BCUT2D eigenvalue weighted by Crippen LogP contribution is 2.22. The minimum Gasteiger partial charge on any atom is -0.484 e. The van der Waals surface area contributed by atoms with E-state index in [4.69, 9.17) is 4.74 Å². The minimum absolute atomic E-state index is 0.0115. The van der Waals surface area contributed by atoms with E-state index >= 15 is 0 Å². The third-order valence-electron chi connectivity index (χ3n) is 5.13. The number of hydrogen-bond acceptors (Lipinski definition) is 3. The van der Waals surface area contributed by atoms with Crippen molar-refractivity contribution in [3.63, 3.8) is 0 Å². The first-order valence-electron chi connectivity index (χ1n) is 9.25. The number of hydrogen-bond donors (Lipinski definition) is 0. The van der Waals surface area contributed by atoms with Crippen LogP contribution >= 0.6 is 0 Å². The van der Waals surface area contributed by atoms with Gasteiger partial charge in [-0.1, -0.05) is 12.1 Å². The molecule has 1 aromatic heterocycles. The average molecular weight is 367 g/mol. The highest BCUT2D eigenvalue weighted by atomic mass is 19.1. The molecule has 0 saturated carbocycles. The van der Waals surface area contributed by atoms with E-state index in [-0.39, 0.29) is 18.3 Å². The number of piperidine rings is 1. The summed E-state index contributed by atoms with van der Waals surface area (Å²) in [5.41, 5.74) is 2.17. The molecule has 140 valence electrons. The lowest BCUT2D eigenvalue weighted by molar-refractivity contribution is -0.134. The number of amides is 1. The lowest BCUT2D eigenvalue weighted by Crippen LogP contribution is -2.41. The molecule has 1 aliphatic rings. The monoisotopic (exact) mass is 367 g/mol. The van der Waals surface area contributed by atoms with Crippen LogP contribution in [0.4, 0.5) is 4.39 Å². The summed E-state index contributed by atoms with van der Waals surface area (Å²) in [4.78, 5) is 18.6. The molecular formula is C21H22FN3O2. The van der Waals surface area contributed by atoms with Gasteiger partial charge in [0.1, 0.15) is 11.6 Å². The quantitative estimate of drug-likeness (QED) is 0.694. The molecule has 6 heteroatoms. The second-order valence-electron chi connectivity index (χ2n) is 6.95. The first kappa shape index (κ1) is 17.5. The van der Waals surface area contributed by atoms with Crippen LogP contribution in [0.25, 0.3) is 11.0 Å². The van der Waals surface area contributed by atoms with Crippen LogP contribution in [0.2, 0.25) is 0 Å². The Morgan fingerprint density at radius 1 is 1.11 bits per heavy atom. The Morgan fingerprint density at radius 3 is 2.63 bits per heavy atom. The minimum atomic E-state index is -0.318. The molecule has 1 aliphatic heterocycles. The molecule has 0 atom stereocenters. The predicted octanol–water partition coefficient (Wildman–Crippen LogP) is 3.49. The summed E-state index contributed by atoms with van der Waals surface area (Å²) < 4.78 is 20.6. The van der Waals surface area contributed by atoms with Crippen molar-refractivity contribution < 1.29 is 13.9 Å². The van der Waals surface area contributed by atoms with Gasteiger partial charge in [-0.15, -0.1) is 0 Å². The fourth-order valence-electron chi connectivity index (χ4n) is 3.57. The summed E-state index contributed by atoms with van der Waals surface area (Å²) in [6.45, 7) is 2.39. The first-order valence-corrected chi connectivity index (χ1v) is 9.25. The van der Waals surface area contributed by atoms with Gasteiger partial charge in [0.2, 0.25) is 0 Å². The van der Waals surface area contributed by atoms with Gasteiger partial charge in [-0.3, -0.25) is 4.79 Å². The zero-order chi connectivity index (χ0) is 18.6. The van der Waals surface area contributed by atoms with Crippen LogP contribution < -0.4 is 4.74 Å². The number of ether oxygens (including phenoxy) is 1. The Hall–Kier alpha value is -2.89. The number of para-hydroxylation sites is 2. The molecule has 0 radical (unpaired) electrons. The first-order chi connectivity index (χ1) is 13.2. The molecule has 4 rings (SSSR count). The number of rotatable bonds is 5. The van der Waals surface area contributed by atoms with Crippen LogP contribution in [0.3, 0.4) is 0 Å². The van der Waals surface area contributed by atoms with Crippen molar-refractivity contribution in [3.05, 3.63) is 60.7 Å². The maximum absolute atomic E-state index is 12.9. The number of fused-ring (bicyclic) bond motifs is 1. The zero-order valence-electron chi connectivity index (χ0n) is 15.1. The lowest BCUT2D eigenvalue weighted by atomic mass is 9.96. The largest absolute Gasteiger partial charge is 0.484 e. The molecule has 1 amide bonds. The Morgan fingerprint density at radius 2 is 1.85 bits per heavy atom. The summed E-state index contributed by atoms with van der Waals surface area (Å²) in [5, 5.41) is 0. The van der Waals surface area contributed by atoms with Crippen LogP contribution in [-0.2, 0) is 11.3 Å². The molecule has 1 fully saturated rings. The van der Waals surface area contributed by atoms with Crippen LogP contribution in [0.1, 0.15) is 12.8 Å². The molecule has 27 heavy (non-hydrogen) atoms. The van der Waals surface area contributed by atoms with Gasteiger partial charge >= 0.3 is 0 Å². The molecule has 0 aliphatic carbocycles. The van der Waals surface area contributed by atoms with E-state index in [1.54, 1.807) is 0 Å². The van der Waals surface area contributed by atoms with E-state index in [2.05, 4.69) is 15.6 Å². The van der Waals surface area contributed by atoms with Gasteiger partial charge < -0.3 is 14.2 Å². The average Bonchev–Trinajstić information content (AvgIpc) is 3.11. The van der Waals surface area contributed by atoms with Crippen LogP contribution in [0.5, 0.6) is 5.75 Å². The molecular weight excluding hydrogens is 345 g/mol. The molecule has 2 aromatic carbocycles. The molecule has 1 saturated heterocycles. The highest BCUT2D eigenvalue weighted by molar-refractivity contribution is 5.78. The molecule has 3 aromatic rings. The summed E-state index contributed by atoms with van der Waals surface area (Å²) in [5.74, 6) is 0.698. The van der Waals surface area contributed by atoms with Crippen molar-refractivity contribution in [2.75, 3.05) is 19.7 Å². The van der Waals surface area contributed by atoms with Gasteiger partial charge in [0, 0.05) is 19.6 Å². The summed E-state index contributed by atoms with van der Waals surface area (Å²) in [6.07, 6.45) is 3.84. The summed E-state index contributed by atoms with van der Waals surface area (Å²) in [6, 6.07) is 13.9.